The van der Waals surface area contributed by atoms with Crippen LogP contribution in [0, 0.1) is 10.1 Å². The summed E-state index contributed by atoms with van der Waals surface area (Å²) in [6.45, 7) is 0. The van der Waals surface area contributed by atoms with Crippen LogP contribution in [0.5, 0.6) is 11.6 Å². The molecule has 0 saturated carbocycles. The fourth-order valence-electron chi connectivity index (χ4n) is 2.78. The number of rotatable bonds is 3. The van der Waals surface area contributed by atoms with Gasteiger partial charge >= 0.3 is 5.69 Å². The highest BCUT2D eigenvalue weighted by Gasteiger charge is 2.29. The normalized spacial score (nSPS) is 14.9. The quantitative estimate of drug-likeness (QED) is 0.398. The molecular weight excluding hydrogens is 370 g/mol. The smallest absolute Gasteiger partial charge is 0.311 e. The number of ether oxygens (including phenoxy) is 1. The zero-order chi connectivity index (χ0) is 19.0. The number of thioether (sulfide) groups is 1. The van der Waals surface area contributed by atoms with E-state index in [2.05, 4.69) is 20.5 Å². The molecule has 2 aromatic carbocycles. The van der Waals surface area contributed by atoms with E-state index in [-0.39, 0.29) is 11.4 Å². The molecule has 1 unspecified atom stereocenters. The number of nitro benzene ring substituents is 1. The van der Waals surface area contributed by atoms with E-state index >= 15 is 0 Å². The monoisotopic (exact) mass is 383 g/mol. The van der Waals surface area contributed by atoms with Gasteiger partial charge in [-0.3, -0.25) is 10.1 Å². The number of nitrogens with zero attached hydrogens (tertiary/aromatic N) is 4. The van der Waals surface area contributed by atoms with E-state index in [1.807, 2.05) is 30.5 Å². The molecule has 0 radical (unpaired) electrons. The highest BCUT2D eigenvalue weighted by molar-refractivity contribution is 7.98. The maximum absolute atomic E-state index is 11.2. The van der Waals surface area contributed by atoms with Crippen LogP contribution in [0.3, 0.4) is 0 Å². The molecule has 27 heavy (non-hydrogen) atoms. The first kappa shape index (κ1) is 17.0. The van der Waals surface area contributed by atoms with E-state index < -0.39 is 22.6 Å². The molecule has 0 fully saturated rings. The number of para-hydroxylation sites is 2. The summed E-state index contributed by atoms with van der Waals surface area (Å²) in [4.78, 5) is 14.9. The Kier molecular flexibility index (Phi) is 4.24. The average Bonchev–Trinajstić information content (AvgIpc) is 2.84. The number of hydrogen-bond acceptors (Lipinski definition) is 9. The van der Waals surface area contributed by atoms with Gasteiger partial charge in [-0.1, -0.05) is 36.0 Å². The molecule has 0 saturated heterocycles. The van der Waals surface area contributed by atoms with Crippen molar-refractivity contribution in [3.8, 4) is 22.9 Å². The summed E-state index contributed by atoms with van der Waals surface area (Å²) >= 11 is 1.31. The lowest BCUT2D eigenvalue weighted by atomic mass is 10.1. The Bertz CT molecular complexity index is 1050. The molecule has 4 rings (SSSR count). The predicted molar refractivity (Wildman–Crippen MR) is 98.8 cm³/mol. The zero-order valence-corrected chi connectivity index (χ0v) is 14.8. The number of fused-ring (bicyclic) bond motifs is 3. The molecule has 3 aromatic rings. The van der Waals surface area contributed by atoms with E-state index in [1.165, 1.54) is 23.9 Å². The standard InChI is InChI=1S/C17H13N5O4S/c1-27-17-19-16-13(20-21-17)9-5-2-3-7-11(9)18-15(26-16)10-6-4-8-12(14(10)23)22(24)25/h2-8,15,18,23H,1H3. The summed E-state index contributed by atoms with van der Waals surface area (Å²) in [6, 6.07) is 11.6. The van der Waals surface area contributed by atoms with Crippen LogP contribution in [0.2, 0.25) is 0 Å². The van der Waals surface area contributed by atoms with Crippen LogP contribution in [-0.2, 0) is 0 Å². The lowest BCUT2D eigenvalue weighted by Gasteiger charge is -2.20. The van der Waals surface area contributed by atoms with E-state index in [0.717, 1.165) is 5.56 Å². The van der Waals surface area contributed by atoms with Gasteiger partial charge in [-0.05, 0) is 18.4 Å². The van der Waals surface area contributed by atoms with Crippen LogP contribution < -0.4 is 10.1 Å². The van der Waals surface area contributed by atoms with Crippen molar-refractivity contribution in [2.45, 2.75) is 11.4 Å². The summed E-state index contributed by atoms with van der Waals surface area (Å²) in [5.41, 5.74) is 1.67. The van der Waals surface area contributed by atoms with Crippen molar-refractivity contribution < 1.29 is 14.8 Å². The largest absolute Gasteiger partial charge is 0.502 e. The van der Waals surface area contributed by atoms with Crippen LogP contribution >= 0.6 is 11.8 Å². The summed E-state index contributed by atoms with van der Waals surface area (Å²) in [7, 11) is 0. The molecule has 0 aliphatic carbocycles. The Hall–Kier alpha value is -3.40. The van der Waals surface area contributed by atoms with Gasteiger partial charge in [-0.25, -0.2) is 0 Å². The second-order valence-corrected chi connectivity index (χ2v) is 6.39. The molecule has 9 nitrogen and oxygen atoms in total. The SMILES string of the molecule is CSc1nnc2c(n1)OC(c1cccc([N+](=O)[O-])c1O)Nc1ccccc1-2. The first-order valence-corrected chi connectivity index (χ1v) is 9.08. The number of hydrogen-bond donors (Lipinski definition) is 2. The molecule has 0 amide bonds. The topological polar surface area (TPSA) is 123 Å². The molecule has 1 aliphatic heterocycles. The Morgan fingerprint density at radius 2 is 2.04 bits per heavy atom. The minimum absolute atomic E-state index is 0.219. The molecule has 1 aromatic heterocycles. The zero-order valence-electron chi connectivity index (χ0n) is 14.0. The number of aromatic hydroxyl groups is 1. The summed E-state index contributed by atoms with van der Waals surface area (Å²) in [5, 5.41) is 33.4. The fraction of sp³-hybridized carbons (Fsp3) is 0.118. The molecule has 2 heterocycles. The van der Waals surface area contributed by atoms with Gasteiger partial charge in [0.15, 0.2) is 5.69 Å². The maximum atomic E-state index is 11.2. The van der Waals surface area contributed by atoms with E-state index in [0.29, 0.717) is 16.5 Å². The molecule has 1 aliphatic rings. The third kappa shape index (κ3) is 2.99. The second kappa shape index (κ2) is 6.72. The molecular formula is C17H13N5O4S. The Morgan fingerprint density at radius 3 is 2.81 bits per heavy atom. The number of nitrogens with one attached hydrogen (secondary N) is 1. The number of phenols is 1. The minimum Gasteiger partial charge on any atom is -0.502 e. The van der Waals surface area contributed by atoms with Crippen LogP contribution in [0.4, 0.5) is 11.4 Å². The predicted octanol–water partition coefficient (Wildman–Crippen LogP) is 3.38. The van der Waals surface area contributed by atoms with Crippen LogP contribution in [0.1, 0.15) is 11.8 Å². The lowest BCUT2D eigenvalue weighted by molar-refractivity contribution is -0.386. The second-order valence-electron chi connectivity index (χ2n) is 5.61. The molecule has 10 heteroatoms. The molecule has 1 atom stereocenters. The van der Waals surface area contributed by atoms with Crippen molar-refractivity contribution in [1.82, 2.24) is 15.2 Å². The van der Waals surface area contributed by atoms with Crippen molar-refractivity contribution in [3.63, 3.8) is 0 Å². The molecule has 2 N–H and O–H groups in total. The van der Waals surface area contributed by atoms with Gasteiger partial charge in [0.25, 0.3) is 0 Å². The molecule has 0 bridgehead atoms. The Morgan fingerprint density at radius 1 is 1.22 bits per heavy atom. The first-order valence-electron chi connectivity index (χ1n) is 7.86. The number of nitro groups is 1. The lowest BCUT2D eigenvalue weighted by Crippen LogP contribution is -2.17. The number of benzene rings is 2. The fourth-order valence-corrected chi connectivity index (χ4v) is 3.08. The minimum atomic E-state index is -0.904. The Balaban J connectivity index is 1.88. The first-order chi connectivity index (χ1) is 13.1. The van der Waals surface area contributed by atoms with Crippen LogP contribution in [0.25, 0.3) is 11.3 Å². The van der Waals surface area contributed by atoms with E-state index in [1.54, 1.807) is 6.07 Å². The van der Waals surface area contributed by atoms with Gasteiger partial charge in [0.1, 0.15) is 0 Å². The van der Waals surface area contributed by atoms with Gasteiger partial charge in [-0.2, -0.15) is 4.98 Å². The van der Waals surface area contributed by atoms with E-state index in [9.17, 15) is 15.2 Å². The van der Waals surface area contributed by atoms with Crippen molar-refractivity contribution in [1.29, 1.82) is 0 Å². The van der Waals surface area contributed by atoms with Gasteiger partial charge in [0.05, 0.1) is 10.5 Å². The molecule has 136 valence electrons. The summed E-state index contributed by atoms with van der Waals surface area (Å²) < 4.78 is 5.96. The van der Waals surface area contributed by atoms with Crippen molar-refractivity contribution in [2.75, 3.05) is 11.6 Å². The maximum Gasteiger partial charge on any atom is 0.311 e. The Labute approximate surface area is 157 Å². The number of aromatic nitrogens is 3. The third-order valence-corrected chi connectivity index (χ3v) is 4.58. The average molecular weight is 383 g/mol. The van der Waals surface area contributed by atoms with Gasteiger partial charge in [-0.15, -0.1) is 10.2 Å². The van der Waals surface area contributed by atoms with Crippen molar-refractivity contribution in [2.24, 2.45) is 0 Å². The number of phenolic OH excluding ortho intramolecular Hbond substituents is 1. The van der Waals surface area contributed by atoms with Gasteiger partial charge in [0, 0.05) is 17.3 Å². The van der Waals surface area contributed by atoms with Gasteiger partial charge in [0.2, 0.25) is 23.0 Å². The van der Waals surface area contributed by atoms with Crippen LogP contribution in [0.15, 0.2) is 47.6 Å². The van der Waals surface area contributed by atoms with Gasteiger partial charge < -0.3 is 15.2 Å². The van der Waals surface area contributed by atoms with Crippen molar-refractivity contribution >= 4 is 23.1 Å². The van der Waals surface area contributed by atoms with Crippen molar-refractivity contribution in [3.05, 3.63) is 58.1 Å². The van der Waals surface area contributed by atoms with Crippen LogP contribution in [-0.4, -0.2) is 31.5 Å². The summed E-state index contributed by atoms with van der Waals surface area (Å²) in [6.07, 6.45) is 0.912. The highest BCUT2D eigenvalue weighted by atomic mass is 32.2. The highest BCUT2D eigenvalue weighted by Crippen LogP contribution is 2.42. The third-order valence-electron chi connectivity index (χ3n) is 4.04. The van der Waals surface area contributed by atoms with E-state index in [4.69, 9.17) is 4.74 Å². The number of anilines is 1. The summed E-state index contributed by atoms with van der Waals surface area (Å²) in [5.74, 6) is -0.240. The molecule has 0 spiro atoms.